The van der Waals surface area contributed by atoms with E-state index in [0.29, 0.717) is 0 Å². The van der Waals surface area contributed by atoms with Crippen LogP contribution in [0.25, 0.3) is 0 Å². The number of hydrogen-bond donors (Lipinski definition) is 1. The van der Waals surface area contributed by atoms with Gasteiger partial charge in [0.1, 0.15) is 5.54 Å². The number of esters is 1. The highest BCUT2D eigenvalue weighted by Gasteiger charge is 2.35. The molecule has 0 radical (unpaired) electrons. The van der Waals surface area contributed by atoms with Crippen molar-refractivity contribution in [3.63, 3.8) is 0 Å². The number of piperidine rings is 1. The molecule has 1 heterocycles. The van der Waals surface area contributed by atoms with Crippen LogP contribution in [0.3, 0.4) is 0 Å². The predicted octanol–water partition coefficient (Wildman–Crippen LogP) is 2.04. The highest BCUT2D eigenvalue weighted by molar-refractivity contribution is 5.80. The number of likely N-dealkylation sites (tertiary alicyclic amines) is 1. The highest BCUT2D eigenvalue weighted by atomic mass is 16.5. The molecular formula is C15H30N2O2. The number of nitrogens with one attached hydrogen (secondary N) is 1. The van der Waals surface area contributed by atoms with Crippen LogP contribution in [-0.2, 0) is 9.53 Å². The fourth-order valence-corrected chi connectivity index (χ4v) is 2.97. The van der Waals surface area contributed by atoms with Crippen molar-refractivity contribution in [3.05, 3.63) is 0 Å². The number of carbonyl (C=O) groups is 1. The van der Waals surface area contributed by atoms with Crippen LogP contribution in [0.1, 0.15) is 47.0 Å². The molecule has 0 aromatic heterocycles. The van der Waals surface area contributed by atoms with Crippen molar-refractivity contribution in [3.8, 4) is 0 Å². The van der Waals surface area contributed by atoms with Crippen molar-refractivity contribution < 1.29 is 9.53 Å². The van der Waals surface area contributed by atoms with Crippen LogP contribution in [0.4, 0.5) is 0 Å². The Balaban J connectivity index is 2.55. The summed E-state index contributed by atoms with van der Waals surface area (Å²) in [5, 5.41) is 3.36. The third kappa shape index (κ3) is 5.11. The van der Waals surface area contributed by atoms with Crippen molar-refractivity contribution in [1.29, 1.82) is 0 Å². The standard InChI is InChI=1S/C15H30N2O2/c1-12(2)16-15(4,14(18)19-5)8-10-17-9-6-7-13(3)11-17/h12-13,16H,6-11H2,1-5H3. The van der Waals surface area contributed by atoms with Gasteiger partial charge in [-0.1, -0.05) is 6.92 Å². The van der Waals surface area contributed by atoms with E-state index in [0.717, 1.165) is 32.0 Å². The molecule has 2 atom stereocenters. The van der Waals surface area contributed by atoms with Gasteiger partial charge in [0.25, 0.3) is 0 Å². The first-order chi connectivity index (χ1) is 8.87. The molecular weight excluding hydrogens is 240 g/mol. The number of methoxy groups -OCH3 is 1. The molecule has 1 aliphatic rings. The molecule has 0 aliphatic carbocycles. The number of hydrogen-bond acceptors (Lipinski definition) is 4. The lowest BCUT2D eigenvalue weighted by Gasteiger charge is -2.35. The summed E-state index contributed by atoms with van der Waals surface area (Å²) in [6.45, 7) is 11.6. The van der Waals surface area contributed by atoms with Crippen molar-refractivity contribution in [2.75, 3.05) is 26.7 Å². The first-order valence-electron chi connectivity index (χ1n) is 7.46. The van der Waals surface area contributed by atoms with Crippen LogP contribution in [0, 0.1) is 5.92 Å². The average molecular weight is 270 g/mol. The maximum atomic E-state index is 12.0. The summed E-state index contributed by atoms with van der Waals surface area (Å²) in [4.78, 5) is 14.5. The largest absolute Gasteiger partial charge is 0.468 e. The molecule has 0 bridgehead atoms. The zero-order valence-corrected chi connectivity index (χ0v) is 13.2. The van der Waals surface area contributed by atoms with Crippen LogP contribution >= 0.6 is 0 Å². The molecule has 1 fully saturated rings. The van der Waals surface area contributed by atoms with Gasteiger partial charge in [0, 0.05) is 19.1 Å². The second kappa shape index (κ2) is 7.25. The molecule has 1 N–H and O–H groups in total. The lowest BCUT2D eigenvalue weighted by atomic mass is 9.94. The van der Waals surface area contributed by atoms with Crippen LogP contribution in [0.5, 0.6) is 0 Å². The SMILES string of the molecule is COC(=O)C(C)(CCN1CCCC(C)C1)NC(C)C. The summed E-state index contributed by atoms with van der Waals surface area (Å²) in [5.41, 5.74) is -0.580. The number of nitrogens with zero attached hydrogens (tertiary/aromatic N) is 1. The van der Waals surface area contributed by atoms with Crippen LogP contribution in [0.15, 0.2) is 0 Å². The summed E-state index contributed by atoms with van der Waals surface area (Å²) >= 11 is 0. The molecule has 1 saturated heterocycles. The first-order valence-corrected chi connectivity index (χ1v) is 7.46. The summed E-state index contributed by atoms with van der Waals surface area (Å²) < 4.78 is 4.96. The average Bonchev–Trinajstić information content (AvgIpc) is 2.34. The molecule has 2 unspecified atom stereocenters. The maximum absolute atomic E-state index is 12.0. The maximum Gasteiger partial charge on any atom is 0.325 e. The van der Waals surface area contributed by atoms with Crippen molar-refractivity contribution in [1.82, 2.24) is 10.2 Å². The monoisotopic (exact) mass is 270 g/mol. The van der Waals surface area contributed by atoms with Gasteiger partial charge >= 0.3 is 5.97 Å². The summed E-state index contributed by atoms with van der Waals surface area (Å²) in [7, 11) is 1.46. The van der Waals surface area contributed by atoms with Crippen LogP contribution in [-0.4, -0.2) is 49.2 Å². The third-order valence-electron chi connectivity index (χ3n) is 3.91. The van der Waals surface area contributed by atoms with E-state index >= 15 is 0 Å². The molecule has 0 amide bonds. The topological polar surface area (TPSA) is 41.6 Å². The first kappa shape index (κ1) is 16.4. The summed E-state index contributed by atoms with van der Waals surface area (Å²) in [6, 6.07) is 0.268. The van der Waals surface area contributed by atoms with Crippen molar-refractivity contribution in [2.45, 2.75) is 58.5 Å². The Labute approximate surface area is 117 Å². The molecule has 19 heavy (non-hydrogen) atoms. The van der Waals surface area contributed by atoms with Gasteiger partial charge in [0.2, 0.25) is 0 Å². The minimum absolute atomic E-state index is 0.161. The van der Waals surface area contributed by atoms with E-state index in [1.54, 1.807) is 0 Å². The van der Waals surface area contributed by atoms with Crippen molar-refractivity contribution >= 4 is 5.97 Å². The van der Waals surface area contributed by atoms with E-state index in [4.69, 9.17) is 4.74 Å². The van der Waals surface area contributed by atoms with Gasteiger partial charge in [-0.05, 0) is 52.5 Å². The fourth-order valence-electron chi connectivity index (χ4n) is 2.97. The number of ether oxygens (including phenoxy) is 1. The van der Waals surface area contributed by atoms with E-state index in [1.807, 2.05) is 6.92 Å². The number of rotatable bonds is 6. The minimum Gasteiger partial charge on any atom is -0.468 e. The molecule has 1 rings (SSSR count). The van der Waals surface area contributed by atoms with Gasteiger partial charge in [-0.25, -0.2) is 0 Å². The molecule has 0 aromatic carbocycles. The van der Waals surface area contributed by atoms with Crippen LogP contribution < -0.4 is 5.32 Å². The second-order valence-corrected chi connectivity index (χ2v) is 6.42. The van der Waals surface area contributed by atoms with E-state index in [2.05, 4.69) is 31.0 Å². The quantitative estimate of drug-likeness (QED) is 0.750. The zero-order chi connectivity index (χ0) is 14.5. The third-order valence-corrected chi connectivity index (χ3v) is 3.91. The predicted molar refractivity (Wildman–Crippen MR) is 78.1 cm³/mol. The van der Waals surface area contributed by atoms with Gasteiger partial charge in [-0.15, -0.1) is 0 Å². The fraction of sp³-hybridized carbons (Fsp3) is 0.933. The van der Waals surface area contributed by atoms with E-state index in [9.17, 15) is 4.79 Å². The summed E-state index contributed by atoms with van der Waals surface area (Å²) in [5.74, 6) is 0.613. The molecule has 112 valence electrons. The lowest BCUT2D eigenvalue weighted by molar-refractivity contribution is -0.148. The molecule has 0 saturated carbocycles. The lowest BCUT2D eigenvalue weighted by Crippen LogP contribution is -2.54. The van der Waals surface area contributed by atoms with Gasteiger partial charge in [0.15, 0.2) is 0 Å². The zero-order valence-electron chi connectivity index (χ0n) is 13.2. The molecule has 1 aliphatic heterocycles. The van der Waals surface area contributed by atoms with Gasteiger partial charge in [-0.2, -0.15) is 0 Å². The van der Waals surface area contributed by atoms with E-state index in [-0.39, 0.29) is 12.0 Å². The normalized spacial score (nSPS) is 24.2. The molecule has 4 nitrogen and oxygen atoms in total. The van der Waals surface area contributed by atoms with Crippen molar-refractivity contribution in [2.24, 2.45) is 5.92 Å². The Morgan fingerprint density at radius 2 is 2.21 bits per heavy atom. The smallest absolute Gasteiger partial charge is 0.325 e. The van der Waals surface area contributed by atoms with E-state index < -0.39 is 5.54 Å². The Bertz CT molecular complexity index is 294. The van der Waals surface area contributed by atoms with Gasteiger partial charge < -0.3 is 9.64 Å². The Morgan fingerprint density at radius 3 is 2.74 bits per heavy atom. The van der Waals surface area contributed by atoms with E-state index in [1.165, 1.54) is 20.0 Å². The Kier molecular flexibility index (Phi) is 6.27. The van der Waals surface area contributed by atoms with Crippen LogP contribution in [0.2, 0.25) is 0 Å². The molecule has 0 spiro atoms. The molecule has 4 heteroatoms. The summed E-state index contributed by atoms with van der Waals surface area (Å²) in [6.07, 6.45) is 3.40. The van der Waals surface area contributed by atoms with Gasteiger partial charge in [0.05, 0.1) is 7.11 Å². The highest BCUT2D eigenvalue weighted by Crippen LogP contribution is 2.19. The molecule has 0 aromatic rings. The minimum atomic E-state index is -0.580. The second-order valence-electron chi connectivity index (χ2n) is 6.42. The van der Waals surface area contributed by atoms with Gasteiger partial charge in [-0.3, -0.25) is 10.1 Å². The Morgan fingerprint density at radius 1 is 1.53 bits per heavy atom. The number of carbonyl (C=O) groups excluding carboxylic acids is 1. The Hall–Kier alpha value is -0.610.